The molecular weight excluding hydrogens is 315 g/mol. The van der Waals surface area contributed by atoms with E-state index in [2.05, 4.69) is 12.1 Å². The Morgan fingerprint density at radius 1 is 1.12 bits per heavy atom. The average molecular weight is 338 g/mol. The van der Waals surface area contributed by atoms with Crippen LogP contribution >= 0.6 is 0 Å². The van der Waals surface area contributed by atoms with Crippen molar-refractivity contribution in [2.24, 2.45) is 0 Å². The minimum Gasteiger partial charge on any atom is -0.465 e. The number of carbonyl (C=O) groups is 1. The molecule has 1 heterocycles. The highest BCUT2D eigenvalue weighted by Gasteiger charge is 2.38. The van der Waals surface area contributed by atoms with Crippen LogP contribution in [0.5, 0.6) is 0 Å². The topological polar surface area (TPSA) is 44.8 Å². The number of hydrogen-bond acceptors (Lipinski definition) is 4. The van der Waals surface area contributed by atoms with Crippen LogP contribution in [0.25, 0.3) is 0 Å². The number of hydrogen-bond donors (Lipinski definition) is 0. The molecule has 0 N–H and O–H groups in total. The molecule has 25 heavy (non-hydrogen) atoms. The van der Waals surface area contributed by atoms with Gasteiger partial charge in [-0.2, -0.15) is 0 Å². The summed E-state index contributed by atoms with van der Waals surface area (Å²) in [4.78, 5) is 11.5. The van der Waals surface area contributed by atoms with Gasteiger partial charge >= 0.3 is 13.1 Å². The van der Waals surface area contributed by atoms with Crippen molar-refractivity contribution in [2.75, 3.05) is 13.7 Å². The van der Waals surface area contributed by atoms with Crippen molar-refractivity contribution in [3.63, 3.8) is 0 Å². The van der Waals surface area contributed by atoms with Crippen LogP contribution in [0.3, 0.4) is 0 Å². The highest BCUT2D eigenvalue weighted by Crippen LogP contribution is 2.20. The molecule has 0 amide bonds. The lowest BCUT2D eigenvalue weighted by atomic mass is 9.78. The Bertz CT molecular complexity index is 740. The summed E-state index contributed by atoms with van der Waals surface area (Å²) in [5.41, 5.74) is 3.83. The van der Waals surface area contributed by atoms with E-state index in [1.807, 2.05) is 38.1 Å². The summed E-state index contributed by atoms with van der Waals surface area (Å²) in [6, 6.07) is 15.9. The molecule has 0 aliphatic carbocycles. The Morgan fingerprint density at radius 3 is 2.48 bits per heavy atom. The number of esters is 1. The fourth-order valence-corrected chi connectivity index (χ4v) is 2.91. The molecule has 0 unspecified atom stereocenters. The molecule has 0 aromatic heterocycles. The van der Waals surface area contributed by atoms with Gasteiger partial charge in [-0.25, -0.2) is 4.79 Å². The van der Waals surface area contributed by atoms with Gasteiger partial charge in [0.15, 0.2) is 0 Å². The van der Waals surface area contributed by atoms with Crippen LogP contribution in [0.2, 0.25) is 0 Å². The fraction of sp³-hybridized carbons (Fsp3) is 0.350. The molecule has 2 aromatic carbocycles. The van der Waals surface area contributed by atoms with Gasteiger partial charge in [0.25, 0.3) is 0 Å². The van der Waals surface area contributed by atoms with Gasteiger partial charge in [0, 0.05) is 0 Å². The molecule has 1 aliphatic rings. The van der Waals surface area contributed by atoms with Crippen LogP contribution in [0.15, 0.2) is 48.5 Å². The van der Waals surface area contributed by atoms with E-state index in [1.165, 1.54) is 18.2 Å². The lowest BCUT2D eigenvalue weighted by Gasteiger charge is -2.15. The molecule has 0 spiro atoms. The Hall–Kier alpha value is -2.11. The van der Waals surface area contributed by atoms with Gasteiger partial charge in [-0.1, -0.05) is 36.4 Å². The molecule has 4 nitrogen and oxygen atoms in total. The predicted octanol–water partition coefficient (Wildman–Crippen LogP) is 2.78. The van der Waals surface area contributed by atoms with Crippen molar-refractivity contribution < 1.29 is 18.8 Å². The SMILES string of the molecule is COC(=O)c1ccc(CCc2cccc(B3OCC(C)(C)O3)c2)cc1. The van der Waals surface area contributed by atoms with E-state index in [1.54, 1.807) is 12.1 Å². The van der Waals surface area contributed by atoms with Crippen molar-refractivity contribution in [3.05, 3.63) is 65.2 Å². The number of aryl methyl sites for hydroxylation is 2. The standard InChI is InChI=1S/C20H23BO4/c1-20(2)14-24-21(25-20)18-6-4-5-16(13-18)8-7-15-9-11-17(12-10-15)19(22)23-3/h4-6,9-13H,7-8,14H2,1-3H3. The fourth-order valence-electron chi connectivity index (χ4n) is 2.91. The highest BCUT2D eigenvalue weighted by atomic mass is 16.7. The first kappa shape index (κ1) is 17.7. The van der Waals surface area contributed by atoms with Crippen molar-refractivity contribution in [1.82, 2.24) is 0 Å². The van der Waals surface area contributed by atoms with Crippen LogP contribution in [-0.4, -0.2) is 32.4 Å². The second-order valence-electron chi connectivity index (χ2n) is 6.95. The zero-order valence-corrected chi connectivity index (χ0v) is 15.0. The summed E-state index contributed by atoms with van der Waals surface area (Å²) in [6.45, 7) is 4.68. The van der Waals surface area contributed by atoms with Crippen LogP contribution in [0.4, 0.5) is 0 Å². The van der Waals surface area contributed by atoms with Gasteiger partial charge in [0.1, 0.15) is 0 Å². The largest absolute Gasteiger partial charge is 0.494 e. The molecule has 0 radical (unpaired) electrons. The summed E-state index contributed by atoms with van der Waals surface area (Å²) in [7, 11) is 1.11. The number of methoxy groups -OCH3 is 1. The lowest BCUT2D eigenvalue weighted by molar-refractivity contribution is 0.0600. The molecule has 1 saturated heterocycles. The second-order valence-corrected chi connectivity index (χ2v) is 6.95. The molecule has 0 atom stereocenters. The van der Waals surface area contributed by atoms with Gasteiger partial charge in [0.2, 0.25) is 0 Å². The van der Waals surface area contributed by atoms with Crippen LogP contribution in [0, 0.1) is 0 Å². The zero-order valence-electron chi connectivity index (χ0n) is 15.0. The molecule has 2 aromatic rings. The van der Waals surface area contributed by atoms with Crippen molar-refractivity contribution in [1.29, 1.82) is 0 Å². The van der Waals surface area contributed by atoms with Gasteiger partial charge in [-0.05, 0) is 55.4 Å². The van der Waals surface area contributed by atoms with Gasteiger partial charge in [-0.15, -0.1) is 0 Å². The second kappa shape index (κ2) is 7.42. The van der Waals surface area contributed by atoms with Gasteiger partial charge in [-0.3, -0.25) is 0 Å². The van der Waals surface area contributed by atoms with Crippen molar-refractivity contribution in [3.8, 4) is 0 Å². The Morgan fingerprint density at radius 2 is 1.84 bits per heavy atom. The van der Waals surface area contributed by atoms with Gasteiger partial charge in [0.05, 0.1) is 24.9 Å². The minimum absolute atomic E-state index is 0.234. The first-order valence-electron chi connectivity index (χ1n) is 8.52. The normalized spacial score (nSPS) is 16.0. The van der Waals surface area contributed by atoms with E-state index < -0.39 is 0 Å². The lowest BCUT2D eigenvalue weighted by Crippen LogP contribution is -2.34. The molecule has 1 fully saturated rings. The maximum atomic E-state index is 11.5. The van der Waals surface area contributed by atoms with E-state index in [9.17, 15) is 4.79 Å². The van der Waals surface area contributed by atoms with E-state index in [0.717, 1.165) is 18.3 Å². The van der Waals surface area contributed by atoms with Crippen molar-refractivity contribution >= 4 is 18.6 Å². The smallest absolute Gasteiger partial charge is 0.465 e. The van der Waals surface area contributed by atoms with Gasteiger partial charge < -0.3 is 14.0 Å². The Labute approximate surface area is 149 Å². The van der Waals surface area contributed by atoms with Crippen LogP contribution < -0.4 is 5.46 Å². The molecular formula is C20H23BO4. The highest BCUT2D eigenvalue weighted by molar-refractivity contribution is 6.61. The monoisotopic (exact) mass is 338 g/mol. The zero-order chi connectivity index (χ0) is 17.9. The summed E-state index contributed by atoms with van der Waals surface area (Å²) in [6.07, 6.45) is 1.82. The Balaban J connectivity index is 1.62. The van der Waals surface area contributed by atoms with Crippen LogP contribution in [0.1, 0.15) is 35.3 Å². The summed E-state index contributed by atoms with van der Waals surface area (Å²) < 4.78 is 16.4. The van der Waals surface area contributed by atoms with Crippen LogP contribution in [-0.2, 0) is 26.9 Å². The van der Waals surface area contributed by atoms with E-state index in [4.69, 9.17) is 14.0 Å². The van der Waals surface area contributed by atoms with E-state index >= 15 is 0 Å². The summed E-state index contributed by atoms with van der Waals surface area (Å²) in [5.74, 6) is -0.307. The summed E-state index contributed by atoms with van der Waals surface area (Å²) >= 11 is 0. The molecule has 5 heteroatoms. The number of benzene rings is 2. The maximum absolute atomic E-state index is 11.5. The third kappa shape index (κ3) is 4.50. The first-order valence-corrected chi connectivity index (χ1v) is 8.52. The summed E-state index contributed by atoms with van der Waals surface area (Å²) in [5, 5.41) is 0. The number of rotatable bonds is 5. The third-order valence-corrected chi connectivity index (χ3v) is 4.31. The minimum atomic E-state index is -0.307. The quantitative estimate of drug-likeness (QED) is 0.621. The maximum Gasteiger partial charge on any atom is 0.494 e. The average Bonchev–Trinajstić information content (AvgIpc) is 3.00. The third-order valence-electron chi connectivity index (χ3n) is 4.31. The molecule has 0 saturated carbocycles. The molecule has 130 valence electrons. The van der Waals surface area contributed by atoms with E-state index in [-0.39, 0.29) is 18.7 Å². The van der Waals surface area contributed by atoms with Crippen molar-refractivity contribution in [2.45, 2.75) is 32.3 Å². The number of carbonyl (C=O) groups excluding carboxylic acids is 1. The molecule has 0 bridgehead atoms. The number of ether oxygens (including phenoxy) is 1. The predicted molar refractivity (Wildman–Crippen MR) is 98.1 cm³/mol. The first-order chi connectivity index (χ1) is 12.0. The molecule has 1 aliphatic heterocycles. The Kier molecular flexibility index (Phi) is 5.26. The van der Waals surface area contributed by atoms with E-state index in [0.29, 0.717) is 12.2 Å². The molecule has 3 rings (SSSR count).